The van der Waals surface area contributed by atoms with Crippen molar-refractivity contribution in [2.45, 2.75) is 62.8 Å². The molecule has 4 unspecified atom stereocenters. The lowest BCUT2D eigenvalue weighted by Gasteiger charge is -2.45. The first-order valence-corrected chi connectivity index (χ1v) is 9.45. The van der Waals surface area contributed by atoms with E-state index in [4.69, 9.17) is 14.2 Å². The Balaban J connectivity index is 1.62. The van der Waals surface area contributed by atoms with E-state index in [-0.39, 0.29) is 5.41 Å². The number of benzene rings is 1. The van der Waals surface area contributed by atoms with Gasteiger partial charge in [0.1, 0.15) is 16.8 Å². The third kappa shape index (κ3) is 2.82. The Morgan fingerprint density at radius 1 is 1.04 bits per heavy atom. The molecular formula is C22H24O6. The van der Waals surface area contributed by atoms with Crippen LogP contribution in [0.4, 0.5) is 0 Å². The fraction of sp³-hybridized carbons (Fsp3) is 0.500. The molecule has 3 aliphatic carbocycles. The summed E-state index contributed by atoms with van der Waals surface area (Å²) in [6.45, 7) is 7.59. The second kappa shape index (κ2) is 5.93. The van der Waals surface area contributed by atoms with Gasteiger partial charge in [0.05, 0.1) is 5.56 Å². The molecule has 6 heteroatoms. The van der Waals surface area contributed by atoms with Gasteiger partial charge >= 0.3 is 11.9 Å². The number of fused-ring (bicyclic) bond motifs is 1. The highest BCUT2D eigenvalue weighted by molar-refractivity contribution is 5.89. The molecule has 0 aromatic heterocycles. The van der Waals surface area contributed by atoms with Crippen molar-refractivity contribution < 1.29 is 28.6 Å². The van der Waals surface area contributed by atoms with Crippen LogP contribution in [0.1, 0.15) is 56.3 Å². The number of carbonyl (C=O) groups excluding carboxylic acids is 3. The quantitative estimate of drug-likeness (QED) is 0.324. The fourth-order valence-electron chi connectivity index (χ4n) is 5.67. The predicted octanol–water partition coefficient (Wildman–Crippen LogP) is 3.35. The Bertz CT molecular complexity index is 863. The molecule has 148 valence electrons. The Morgan fingerprint density at radius 2 is 1.75 bits per heavy atom. The first-order valence-electron chi connectivity index (χ1n) is 9.45. The molecular weight excluding hydrogens is 360 g/mol. The van der Waals surface area contributed by atoms with Crippen LogP contribution in [0.2, 0.25) is 0 Å². The van der Waals surface area contributed by atoms with Crippen molar-refractivity contribution in [2.75, 3.05) is 0 Å². The van der Waals surface area contributed by atoms with Gasteiger partial charge in [0.15, 0.2) is 0 Å². The minimum atomic E-state index is -0.832. The molecule has 1 aromatic rings. The van der Waals surface area contributed by atoms with Crippen LogP contribution >= 0.6 is 0 Å². The molecule has 0 radical (unpaired) electrons. The van der Waals surface area contributed by atoms with Crippen LogP contribution in [0.15, 0.2) is 42.5 Å². The van der Waals surface area contributed by atoms with Crippen molar-refractivity contribution >= 4 is 18.4 Å². The average Bonchev–Trinajstić information content (AvgIpc) is 3.09. The van der Waals surface area contributed by atoms with Crippen molar-refractivity contribution in [3.8, 4) is 0 Å². The zero-order chi connectivity index (χ0) is 20.2. The van der Waals surface area contributed by atoms with Gasteiger partial charge < -0.3 is 14.2 Å². The summed E-state index contributed by atoms with van der Waals surface area (Å²) in [5.41, 5.74) is -1.85. The lowest BCUT2D eigenvalue weighted by atomic mass is 9.71. The van der Waals surface area contributed by atoms with E-state index >= 15 is 0 Å². The molecule has 3 saturated carbocycles. The first kappa shape index (κ1) is 18.7. The summed E-state index contributed by atoms with van der Waals surface area (Å²) in [5, 5.41) is 0. The number of hydrogen-bond donors (Lipinski definition) is 0. The minimum absolute atomic E-state index is 0.308. The molecule has 6 nitrogen and oxygen atoms in total. The summed E-state index contributed by atoms with van der Waals surface area (Å²) in [6.07, 6.45) is 2.66. The molecule has 0 heterocycles. The van der Waals surface area contributed by atoms with Crippen molar-refractivity contribution in [3.05, 3.63) is 48.0 Å². The van der Waals surface area contributed by atoms with E-state index in [1.165, 1.54) is 0 Å². The Morgan fingerprint density at radius 3 is 2.39 bits per heavy atom. The largest absolute Gasteiger partial charge is 0.460 e. The van der Waals surface area contributed by atoms with E-state index in [9.17, 15) is 14.4 Å². The first-order chi connectivity index (χ1) is 13.2. The smallest absolute Gasteiger partial charge is 0.338 e. The SMILES string of the molecule is C=C(C)C(=O)OC12CC(C)(OC(=O)c3ccccc3)CC3(C1)CC3(OC=O)C2. The van der Waals surface area contributed by atoms with Crippen LogP contribution in [-0.4, -0.2) is 35.2 Å². The average molecular weight is 384 g/mol. The third-order valence-corrected chi connectivity index (χ3v) is 6.42. The highest BCUT2D eigenvalue weighted by Crippen LogP contribution is 2.78. The van der Waals surface area contributed by atoms with Gasteiger partial charge in [-0.15, -0.1) is 0 Å². The predicted molar refractivity (Wildman–Crippen MR) is 99.3 cm³/mol. The Hall–Kier alpha value is -2.63. The summed E-state index contributed by atoms with van der Waals surface area (Å²) in [5.74, 6) is -0.888. The van der Waals surface area contributed by atoms with E-state index in [1.807, 2.05) is 13.0 Å². The molecule has 2 bridgehead atoms. The maximum absolute atomic E-state index is 12.7. The van der Waals surface area contributed by atoms with Crippen LogP contribution in [-0.2, 0) is 23.8 Å². The van der Waals surface area contributed by atoms with Crippen molar-refractivity contribution in [2.24, 2.45) is 5.41 Å². The number of rotatable bonds is 6. The van der Waals surface area contributed by atoms with Gasteiger partial charge in [0.2, 0.25) is 0 Å². The van der Waals surface area contributed by atoms with E-state index < -0.39 is 28.7 Å². The van der Waals surface area contributed by atoms with E-state index in [2.05, 4.69) is 6.58 Å². The van der Waals surface area contributed by atoms with Crippen molar-refractivity contribution in [3.63, 3.8) is 0 Å². The summed E-state index contributed by atoms with van der Waals surface area (Å²) in [7, 11) is 0. The molecule has 0 saturated heterocycles. The van der Waals surface area contributed by atoms with Crippen molar-refractivity contribution in [1.29, 1.82) is 0 Å². The van der Waals surface area contributed by atoms with E-state index in [0.29, 0.717) is 49.7 Å². The molecule has 4 atom stereocenters. The van der Waals surface area contributed by atoms with Crippen LogP contribution in [0.25, 0.3) is 0 Å². The second-order valence-corrected chi connectivity index (χ2v) is 8.93. The van der Waals surface area contributed by atoms with Crippen LogP contribution < -0.4 is 0 Å². The topological polar surface area (TPSA) is 78.9 Å². The standard InChI is InChI=1S/C22H24O6/c1-15(2)17(24)28-21-10-19(3,27-18(25)16-7-5-4-6-8-16)9-20(11-21)12-22(20,13-21)26-14-23/h4-8,14H,1,9-13H2,2-3H3. The van der Waals surface area contributed by atoms with Gasteiger partial charge in [-0.1, -0.05) is 24.8 Å². The zero-order valence-electron chi connectivity index (χ0n) is 16.2. The van der Waals surface area contributed by atoms with Crippen LogP contribution in [0.3, 0.4) is 0 Å². The molecule has 28 heavy (non-hydrogen) atoms. The minimum Gasteiger partial charge on any atom is -0.460 e. The van der Waals surface area contributed by atoms with Gasteiger partial charge in [0.25, 0.3) is 6.47 Å². The lowest BCUT2D eigenvalue weighted by molar-refractivity contribution is -0.170. The zero-order valence-corrected chi connectivity index (χ0v) is 16.2. The van der Waals surface area contributed by atoms with Crippen LogP contribution in [0, 0.1) is 5.41 Å². The Kier molecular flexibility index (Phi) is 3.97. The summed E-state index contributed by atoms with van der Waals surface area (Å²) < 4.78 is 17.3. The maximum atomic E-state index is 12.7. The molecule has 4 rings (SSSR count). The third-order valence-electron chi connectivity index (χ3n) is 6.42. The second-order valence-electron chi connectivity index (χ2n) is 8.93. The van der Waals surface area contributed by atoms with Gasteiger partial charge in [-0.2, -0.15) is 0 Å². The molecule has 1 spiro atoms. The molecule has 0 amide bonds. The number of esters is 2. The molecule has 0 N–H and O–H groups in total. The lowest BCUT2D eigenvalue weighted by Crippen LogP contribution is -2.49. The number of carbonyl (C=O) groups is 3. The van der Waals surface area contributed by atoms with E-state index in [1.54, 1.807) is 31.2 Å². The Labute approximate surface area is 163 Å². The maximum Gasteiger partial charge on any atom is 0.338 e. The molecule has 3 fully saturated rings. The van der Waals surface area contributed by atoms with Gasteiger partial charge in [-0.05, 0) is 45.2 Å². The summed E-state index contributed by atoms with van der Waals surface area (Å²) >= 11 is 0. The highest BCUT2D eigenvalue weighted by Gasteiger charge is 2.83. The fourth-order valence-corrected chi connectivity index (χ4v) is 5.67. The van der Waals surface area contributed by atoms with Crippen molar-refractivity contribution in [1.82, 2.24) is 0 Å². The van der Waals surface area contributed by atoms with Crippen LogP contribution in [0.5, 0.6) is 0 Å². The normalized spacial score (nSPS) is 37.4. The number of ether oxygens (including phenoxy) is 3. The summed E-state index contributed by atoms with van der Waals surface area (Å²) in [4.78, 5) is 36.1. The highest BCUT2D eigenvalue weighted by atomic mass is 16.6. The molecule has 0 aliphatic heterocycles. The van der Waals surface area contributed by atoms with Gasteiger partial charge in [0, 0.05) is 23.8 Å². The molecule has 1 aromatic carbocycles. The van der Waals surface area contributed by atoms with E-state index in [0.717, 1.165) is 0 Å². The monoisotopic (exact) mass is 384 g/mol. The number of hydrogen-bond acceptors (Lipinski definition) is 6. The van der Waals surface area contributed by atoms with Gasteiger partial charge in [-0.25, -0.2) is 9.59 Å². The molecule has 3 aliphatic rings. The van der Waals surface area contributed by atoms with Gasteiger partial charge in [-0.3, -0.25) is 4.79 Å². The summed E-state index contributed by atoms with van der Waals surface area (Å²) in [6, 6.07) is 8.80.